The molecule has 0 aliphatic carbocycles. The monoisotopic (exact) mass is 507 g/mol. The van der Waals surface area contributed by atoms with Gasteiger partial charge in [0.25, 0.3) is 0 Å². The molecule has 1 aliphatic rings. The zero-order chi connectivity index (χ0) is 25.9. The zero-order valence-electron chi connectivity index (χ0n) is 21.2. The summed E-state index contributed by atoms with van der Waals surface area (Å²) in [7, 11) is 0. The molecule has 0 spiro atoms. The normalized spacial score (nSPS) is 13.7. The number of aromatic nitrogens is 4. The molecule has 9 nitrogen and oxygen atoms in total. The van der Waals surface area contributed by atoms with Gasteiger partial charge in [0.05, 0.1) is 42.1 Å². The molecule has 0 radical (unpaired) electrons. The van der Waals surface area contributed by atoms with Crippen LogP contribution in [-0.4, -0.2) is 58.3 Å². The largest absolute Gasteiger partial charge is 0.466 e. The number of nitrogens with zero attached hydrogens (tertiary/aromatic N) is 5. The van der Waals surface area contributed by atoms with Crippen molar-refractivity contribution >= 4 is 45.1 Å². The van der Waals surface area contributed by atoms with Crippen molar-refractivity contribution in [3.8, 4) is 5.69 Å². The number of nitrogens with one attached hydrogen (secondary N) is 2. The molecule has 5 aromatic rings. The van der Waals surface area contributed by atoms with E-state index in [-0.39, 0.29) is 12.4 Å². The highest BCUT2D eigenvalue weighted by atomic mass is 16.5. The van der Waals surface area contributed by atoms with Crippen LogP contribution in [-0.2, 0) is 16.0 Å². The Hall–Kier alpha value is -4.50. The molecule has 0 atom stereocenters. The Balaban J connectivity index is 1.32. The molecule has 1 fully saturated rings. The third kappa shape index (κ3) is 4.76. The van der Waals surface area contributed by atoms with Crippen LogP contribution in [0.1, 0.15) is 12.5 Å². The standard InChI is InChI=1S/C29H29N7O2/c1-2-38-29(37)15-20-3-5-21(6-4-20)36-25-16-28(33-18-24(25)23-9-10-31-19-26(23)36)34-27-8-7-22(17-32-27)35-13-11-30-12-14-35/h3-10,16-19,30H,2,11-15H2,1H3,(H,32,33,34). The van der Waals surface area contributed by atoms with Gasteiger partial charge in [-0.2, -0.15) is 0 Å². The van der Waals surface area contributed by atoms with E-state index in [2.05, 4.69) is 41.1 Å². The first-order chi connectivity index (χ1) is 18.7. The minimum atomic E-state index is -0.224. The quantitative estimate of drug-likeness (QED) is 0.316. The fourth-order valence-electron chi connectivity index (χ4n) is 4.95. The van der Waals surface area contributed by atoms with E-state index in [9.17, 15) is 4.79 Å². The van der Waals surface area contributed by atoms with Crippen LogP contribution in [0.15, 0.2) is 73.3 Å². The van der Waals surface area contributed by atoms with E-state index in [1.165, 1.54) is 0 Å². The SMILES string of the molecule is CCOC(=O)Cc1ccc(-n2c3cnccc3c3cnc(Nc4ccc(N5CCNCC5)cn4)cc32)cc1. The summed E-state index contributed by atoms with van der Waals surface area (Å²) in [5.41, 5.74) is 4.99. The van der Waals surface area contributed by atoms with Crippen molar-refractivity contribution in [2.45, 2.75) is 13.3 Å². The first kappa shape index (κ1) is 23.9. The van der Waals surface area contributed by atoms with Gasteiger partial charge in [0.1, 0.15) is 11.6 Å². The van der Waals surface area contributed by atoms with E-state index in [0.29, 0.717) is 12.4 Å². The number of anilines is 3. The molecule has 0 saturated carbocycles. The van der Waals surface area contributed by atoms with Crippen LogP contribution in [0.2, 0.25) is 0 Å². The molecule has 0 amide bonds. The number of carbonyl (C=O) groups excluding carboxylic acids is 1. The lowest BCUT2D eigenvalue weighted by molar-refractivity contribution is -0.142. The van der Waals surface area contributed by atoms with Gasteiger partial charge in [-0.25, -0.2) is 9.97 Å². The molecule has 1 aliphatic heterocycles. The third-order valence-electron chi connectivity index (χ3n) is 6.79. The molecular weight excluding hydrogens is 478 g/mol. The number of piperazine rings is 1. The molecule has 0 bridgehead atoms. The maximum absolute atomic E-state index is 11.9. The number of pyridine rings is 3. The molecule has 2 N–H and O–H groups in total. The van der Waals surface area contributed by atoms with E-state index in [1.807, 2.05) is 68.0 Å². The molecule has 4 aromatic heterocycles. The number of hydrogen-bond donors (Lipinski definition) is 2. The lowest BCUT2D eigenvalue weighted by Gasteiger charge is -2.29. The van der Waals surface area contributed by atoms with Crippen molar-refractivity contribution in [2.75, 3.05) is 43.0 Å². The van der Waals surface area contributed by atoms with Gasteiger partial charge in [-0.1, -0.05) is 12.1 Å². The zero-order valence-corrected chi connectivity index (χ0v) is 21.2. The van der Waals surface area contributed by atoms with E-state index in [4.69, 9.17) is 4.74 Å². The van der Waals surface area contributed by atoms with E-state index in [0.717, 1.165) is 70.7 Å². The topological polar surface area (TPSA) is 97.2 Å². The summed E-state index contributed by atoms with van der Waals surface area (Å²) in [6.07, 6.45) is 7.71. The summed E-state index contributed by atoms with van der Waals surface area (Å²) in [4.78, 5) is 27.9. The van der Waals surface area contributed by atoms with E-state index < -0.39 is 0 Å². The molecule has 0 unspecified atom stereocenters. The number of rotatable bonds is 7. The van der Waals surface area contributed by atoms with Crippen LogP contribution < -0.4 is 15.5 Å². The van der Waals surface area contributed by atoms with Crippen molar-refractivity contribution in [1.29, 1.82) is 0 Å². The van der Waals surface area contributed by atoms with Crippen LogP contribution >= 0.6 is 0 Å². The third-order valence-corrected chi connectivity index (χ3v) is 6.79. The van der Waals surface area contributed by atoms with E-state index >= 15 is 0 Å². The lowest BCUT2D eigenvalue weighted by Crippen LogP contribution is -2.43. The molecule has 38 heavy (non-hydrogen) atoms. The summed E-state index contributed by atoms with van der Waals surface area (Å²) >= 11 is 0. The minimum Gasteiger partial charge on any atom is -0.466 e. The van der Waals surface area contributed by atoms with Gasteiger partial charge in [-0.3, -0.25) is 9.78 Å². The van der Waals surface area contributed by atoms with Crippen LogP contribution in [0.3, 0.4) is 0 Å². The predicted octanol–water partition coefficient (Wildman–Crippen LogP) is 4.23. The lowest BCUT2D eigenvalue weighted by atomic mass is 10.1. The average Bonchev–Trinajstić information content (AvgIpc) is 3.28. The second-order valence-corrected chi connectivity index (χ2v) is 9.23. The Morgan fingerprint density at radius 1 is 0.921 bits per heavy atom. The van der Waals surface area contributed by atoms with Crippen LogP contribution in [0, 0.1) is 0 Å². The average molecular weight is 508 g/mol. The smallest absolute Gasteiger partial charge is 0.310 e. The number of benzene rings is 1. The molecular formula is C29H29N7O2. The van der Waals surface area contributed by atoms with E-state index in [1.54, 1.807) is 6.20 Å². The highest BCUT2D eigenvalue weighted by molar-refractivity contribution is 6.09. The summed E-state index contributed by atoms with van der Waals surface area (Å²) in [6, 6.07) is 16.1. The highest BCUT2D eigenvalue weighted by Crippen LogP contribution is 2.33. The second-order valence-electron chi connectivity index (χ2n) is 9.23. The summed E-state index contributed by atoms with van der Waals surface area (Å²) in [6.45, 7) is 6.13. The first-order valence-corrected chi connectivity index (χ1v) is 12.9. The molecule has 9 heteroatoms. The van der Waals surface area contributed by atoms with Gasteiger partial charge in [-0.05, 0) is 42.8 Å². The van der Waals surface area contributed by atoms with Crippen molar-refractivity contribution in [2.24, 2.45) is 0 Å². The van der Waals surface area contributed by atoms with Crippen molar-refractivity contribution < 1.29 is 9.53 Å². The van der Waals surface area contributed by atoms with Gasteiger partial charge < -0.3 is 24.8 Å². The van der Waals surface area contributed by atoms with Crippen molar-refractivity contribution in [3.05, 3.63) is 78.9 Å². The Morgan fingerprint density at radius 2 is 1.71 bits per heavy atom. The summed E-state index contributed by atoms with van der Waals surface area (Å²) < 4.78 is 7.25. The fourth-order valence-corrected chi connectivity index (χ4v) is 4.95. The number of hydrogen-bond acceptors (Lipinski definition) is 8. The maximum Gasteiger partial charge on any atom is 0.310 e. The van der Waals surface area contributed by atoms with Gasteiger partial charge in [0.15, 0.2) is 0 Å². The molecule has 192 valence electrons. The molecule has 1 aromatic carbocycles. The van der Waals surface area contributed by atoms with Crippen LogP contribution in [0.25, 0.3) is 27.5 Å². The Morgan fingerprint density at radius 3 is 2.47 bits per heavy atom. The Kier molecular flexibility index (Phi) is 6.58. The van der Waals surface area contributed by atoms with Crippen molar-refractivity contribution in [1.82, 2.24) is 24.8 Å². The Bertz CT molecular complexity index is 1570. The number of ether oxygens (including phenoxy) is 1. The highest BCUT2D eigenvalue weighted by Gasteiger charge is 2.15. The van der Waals surface area contributed by atoms with Gasteiger partial charge in [0.2, 0.25) is 0 Å². The number of esters is 1. The summed E-state index contributed by atoms with van der Waals surface area (Å²) in [5, 5.41) is 8.84. The molecule has 1 saturated heterocycles. The van der Waals surface area contributed by atoms with Crippen LogP contribution in [0.4, 0.5) is 17.3 Å². The Labute approximate surface area is 220 Å². The first-order valence-electron chi connectivity index (χ1n) is 12.9. The van der Waals surface area contributed by atoms with Crippen LogP contribution in [0.5, 0.6) is 0 Å². The van der Waals surface area contributed by atoms with Gasteiger partial charge in [-0.15, -0.1) is 0 Å². The predicted molar refractivity (Wildman–Crippen MR) is 149 cm³/mol. The fraction of sp³-hybridized carbons (Fsp3) is 0.241. The number of fused-ring (bicyclic) bond motifs is 3. The molecule has 6 rings (SSSR count). The number of carbonyl (C=O) groups is 1. The molecule has 5 heterocycles. The van der Waals surface area contributed by atoms with Gasteiger partial charge >= 0.3 is 5.97 Å². The summed E-state index contributed by atoms with van der Waals surface area (Å²) in [5.74, 6) is 1.22. The van der Waals surface area contributed by atoms with Crippen molar-refractivity contribution in [3.63, 3.8) is 0 Å². The second kappa shape index (κ2) is 10.5. The minimum absolute atomic E-state index is 0.224. The van der Waals surface area contributed by atoms with Gasteiger partial charge in [0, 0.05) is 61.1 Å². The maximum atomic E-state index is 11.9.